The Morgan fingerprint density at radius 3 is 2.48 bits per heavy atom. The molecule has 11 nitrogen and oxygen atoms in total. The first-order valence-electron chi connectivity index (χ1n) is 13.7. The number of benzene rings is 1. The van der Waals surface area contributed by atoms with E-state index in [4.69, 9.17) is 38.2 Å². The predicted octanol–water partition coefficient (Wildman–Crippen LogP) is 3.74. The first-order valence-corrected chi connectivity index (χ1v) is 14.4. The van der Waals surface area contributed by atoms with Crippen molar-refractivity contribution in [2.24, 2.45) is 5.10 Å². The van der Waals surface area contributed by atoms with Crippen molar-refractivity contribution < 1.29 is 32.3 Å². The fourth-order valence-corrected chi connectivity index (χ4v) is 5.82. The van der Waals surface area contributed by atoms with Crippen LogP contribution >= 0.6 is 23.2 Å². The zero-order valence-electron chi connectivity index (χ0n) is 23.0. The highest BCUT2D eigenvalue weighted by molar-refractivity contribution is 6.42. The van der Waals surface area contributed by atoms with Crippen molar-refractivity contribution in [2.45, 2.75) is 38.0 Å². The number of carbonyl (C=O) groups is 2. The van der Waals surface area contributed by atoms with E-state index in [0.717, 1.165) is 45.0 Å². The topological polar surface area (TPSA) is 126 Å². The Balaban J connectivity index is 0.000000493. The van der Waals surface area contributed by atoms with Gasteiger partial charge >= 0.3 is 12.1 Å². The van der Waals surface area contributed by atoms with Gasteiger partial charge in [0.2, 0.25) is 5.96 Å². The lowest BCUT2D eigenvalue weighted by molar-refractivity contribution is -0.192. The lowest BCUT2D eigenvalue weighted by Gasteiger charge is -2.38. The summed E-state index contributed by atoms with van der Waals surface area (Å²) in [4.78, 5) is 41.9. The smallest absolute Gasteiger partial charge is 0.475 e. The molecule has 0 radical (unpaired) electrons. The van der Waals surface area contributed by atoms with Crippen LogP contribution in [0.15, 0.2) is 40.4 Å². The Bertz CT molecular complexity index is 1670. The van der Waals surface area contributed by atoms with Gasteiger partial charge in [0.1, 0.15) is 22.7 Å². The number of nitrogens with one attached hydrogen (secondary N) is 2. The number of carbonyl (C=O) groups excluding carboxylic acids is 1. The molecule has 3 N–H and O–H groups in total. The zero-order chi connectivity index (χ0) is 31.8. The molecule has 0 saturated carbocycles. The van der Waals surface area contributed by atoms with Crippen LogP contribution in [0.3, 0.4) is 0 Å². The van der Waals surface area contributed by atoms with Gasteiger partial charge in [0.15, 0.2) is 0 Å². The lowest BCUT2D eigenvalue weighted by atomic mass is 10.0. The number of alkyl halides is 3. The number of guanidine groups is 1. The van der Waals surface area contributed by atoms with E-state index < -0.39 is 23.9 Å². The molecule has 1 aromatic carbocycles. The molecule has 2 saturated heterocycles. The number of piperidine rings is 1. The number of carboxylic acids is 1. The molecular formula is C27H27Cl2F4N7O4. The molecule has 44 heavy (non-hydrogen) atoms. The van der Waals surface area contributed by atoms with E-state index >= 15 is 4.39 Å². The van der Waals surface area contributed by atoms with Crippen molar-refractivity contribution in [1.29, 1.82) is 0 Å². The molecule has 1 atom stereocenters. The third-order valence-electron chi connectivity index (χ3n) is 7.48. The second-order valence-electron chi connectivity index (χ2n) is 10.4. The van der Waals surface area contributed by atoms with Gasteiger partial charge < -0.3 is 25.2 Å². The Kier molecular flexibility index (Phi) is 9.09. The molecule has 1 unspecified atom stereocenters. The number of piperazine rings is 1. The monoisotopic (exact) mass is 659 g/mol. The maximum absolute atomic E-state index is 15.0. The third kappa shape index (κ3) is 6.35. The van der Waals surface area contributed by atoms with E-state index in [2.05, 4.69) is 20.1 Å². The van der Waals surface area contributed by atoms with Crippen molar-refractivity contribution in [3.05, 3.63) is 73.6 Å². The number of fused-ring (bicyclic) bond motifs is 2. The number of aliphatic carboxylic acids is 1. The Labute approximate surface area is 257 Å². The van der Waals surface area contributed by atoms with Crippen LogP contribution in [0.25, 0.3) is 5.52 Å². The molecule has 2 fully saturated rings. The van der Waals surface area contributed by atoms with E-state index in [1.165, 1.54) is 23.6 Å². The van der Waals surface area contributed by atoms with E-state index in [0.29, 0.717) is 23.3 Å². The van der Waals surface area contributed by atoms with Crippen LogP contribution in [-0.2, 0) is 11.2 Å². The molecule has 3 aromatic rings. The van der Waals surface area contributed by atoms with Gasteiger partial charge in [-0.05, 0) is 43.0 Å². The maximum atomic E-state index is 15.0. The fourth-order valence-electron chi connectivity index (χ4n) is 5.38. The second kappa shape index (κ2) is 12.7. The number of aromatic nitrogens is 2. The quantitative estimate of drug-likeness (QED) is 0.366. The molecule has 0 aliphatic carbocycles. The van der Waals surface area contributed by atoms with Crippen molar-refractivity contribution in [2.75, 3.05) is 32.7 Å². The first-order chi connectivity index (χ1) is 20.9. The van der Waals surface area contributed by atoms with Gasteiger partial charge in [0.05, 0.1) is 10.6 Å². The van der Waals surface area contributed by atoms with E-state index in [1.807, 2.05) is 0 Å². The van der Waals surface area contributed by atoms with Crippen molar-refractivity contribution in [3.8, 4) is 0 Å². The van der Waals surface area contributed by atoms with Gasteiger partial charge in [0.25, 0.3) is 11.5 Å². The number of carboxylic acid groups (broad SMARTS) is 1. The van der Waals surface area contributed by atoms with Crippen LogP contribution < -0.4 is 10.9 Å². The van der Waals surface area contributed by atoms with Crippen LogP contribution in [0.2, 0.25) is 10.2 Å². The van der Waals surface area contributed by atoms with Crippen LogP contribution in [-0.4, -0.2) is 92.2 Å². The Hall–Kier alpha value is -3.82. The predicted molar refractivity (Wildman–Crippen MR) is 153 cm³/mol. The number of aromatic amines is 1. The normalized spacial score (nSPS) is 18.5. The van der Waals surface area contributed by atoms with Crippen LogP contribution in [0.5, 0.6) is 0 Å². The Morgan fingerprint density at radius 2 is 1.80 bits per heavy atom. The number of amides is 1. The van der Waals surface area contributed by atoms with Crippen molar-refractivity contribution in [3.63, 3.8) is 0 Å². The van der Waals surface area contributed by atoms with Gasteiger partial charge in [0, 0.05) is 51.0 Å². The number of hydrogen-bond acceptors (Lipinski definition) is 7. The van der Waals surface area contributed by atoms with Crippen LogP contribution in [0.1, 0.15) is 40.9 Å². The van der Waals surface area contributed by atoms with Gasteiger partial charge in [-0.3, -0.25) is 14.0 Å². The van der Waals surface area contributed by atoms with Crippen LogP contribution in [0, 0.1) is 5.82 Å². The number of rotatable bonds is 3. The van der Waals surface area contributed by atoms with Crippen molar-refractivity contribution >= 4 is 46.6 Å². The third-order valence-corrected chi connectivity index (χ3v) is 8.23. The number of hydrogen-bond donors (Lipinski definition) is 3. The maximum Gasteiger partial charge on any atom is 0.490 e. The molecule has 1 amide bonds. The molecule has 236 valence electrons. The molecule has 0 spiro atoms. The van der Waals surface area contributed by atoms with E-state index in [1.54, 1.807) is 22.7 Å². The number of H-pyrrole nitrogens is 1. The minimum Gasteiger partial charge on any atom is -0.475 e. The average Bonchev–Trinajstić information content (AvgIpc) is 3.53. The summed E-state index contributed by atoms with van der Waals surface area (Å²) in [6.45, 7) is 3.89. The summed E-state index contributed by atoms with van der Waals surface area (Å²) in [6, 6.07) is 5.95. The molecular weight excluding hydrogens is 633 g/mol. The van der Waals surface area contributed by atoms with Crippen molar-refractivity contribution in [1.82, 2.24) is 29.5 Å². The minimum atomic E-state index is -5.08. The molecule has 5 heterocycles. The molecule has 2 aromatic heterocycles. The fraction of sp³-hybridized carbons (Fsp3) is 0.407. The molecule has 17 heteroatoms. The summed E-state index contributed by atoms with van der Waals surface area (Å²) in [6.07, 6.45) is -0.177. The largest absolute Gasteiger partial charge is 0.490 e. The summed E-state index contributed by atoms with van der Waals surface area (Å²) in [5.74, 6) is -3.06. The highest BCUT2D eigenvalue weighted by atomic mass is 35.5. The minimum absolute atomic E-state index is 0.0519. The van der Waals surface area contributed by atoms with Gasteiger partial charge in [-0.25, -0.2) is 14.2 Å². The lowest BCUT2D eigenvalue weighted by Crippen LogP contribution is -2.58. The summed E-state index contributed by atoms with van der Waals surface area (Å²) in [7, 11) is 0. The number of likely N-dealkylation sites (tertiary alicyclic amines) is 1. The van der Waals surface area contributed by atoms with Gasteiger partial charge in [-0.1, -0.05) is 29.3 Å². The highest BCUT2D eigenvalue weighted by Gasteiger charge is 2.42. The number of nitrogens with zero attached hydrogens (tertiary/aromatic N) is 5. The molecule has 0 bridgehead atoms. The molecule has 3 aliphatic heterocycles. The van der Waals surface area contributed by atoms with Crippen LogP contribution in [0.4, 0.5) is 17.6 Å². The summed E-state index contributed by atoms with van der Waals surface area (Å²) in [5.41, 5.74) is 1.26. The second-order valence-corrected chi connectivity index (χ2v) is 11.1. The molecule has 6 rings (SSSR count). The SMILES string of the molecule is O=C(O)C(F)(F)F.O=C(c1cc(Cc2c[nH]c(=O)c3cc(Cl)c(Cl)n23)ccc1F)N1N=C(N2CCCCC2)N2CCNCC21. The summed E-state index contributed by atoms with van der Waals surface area (Å²) >= 11 is 12.5. The molecule has 3 aliphatic rings. The summed E-state index contributed by atoms with van der Waals surface area (Å²) < 4.78 is 48.3. The van der Waals surface area contributed by atoms with Gasteiger partial charge in [-0.2, -0.15) is 13.2 Å². The standard InChI is InChI=1S/C25H26Cl2FN7O2.C2HF3O2/c26-18-12-20-23(36)30-13-16(34(20)22(18)27)10-15-4-5-19(28)17(11-15)24(37)35-21-14-29-6-9-33(21)25(31-35)32-7-2-1-3-8-32;3-2(4,5)1(6)7/h4-5,11-13,21,29H,1-3,6-10,14H2,(H,30,36);(H,6,7). The van der Waals surface area contributed by atoms with E-state index in [9.17, 15) is 22.8 Å². The summed E-state index contributed by atoms with van der Waals surface area (Å²) in [5, 5.41) is 17.1. The number of halogens is 6. The number of hydrazone groups is 1. The van der Waals surface area contributed by atoms with Gasteiger partial charge in [-0.15, -0.1) is 5.10 Å². The zero-order valence-corrected chi connectivity index (χ0v) is 24.5. The Morgan fingerprint density at radius 1 is 1.09 bits per heavy atom. The van der Waals surface area contributed by atoms with E-state index in [-0.39, 0.29) is 33.9 Å². The first kappa shape index (κ1) is 31.6. The highest BCUT2D eigenvalue weighted by Crippen LogP contribution is 2.28. The average molecular weight is 660 g/mol.